The summed E-state index contributed by atoms with van der Waals surface area (Å²) in [5.41, 5.74) is 0. The first-order chi connectivity index (χ1) is 8.40. The van der Waals surface area contributed by atoms with Crippen molar-refractivity contribution in [3.05, 3.63) is 0 Å². The van der Waals surface area contributed by atoms with Gasteiger partial charge in [-0.15, -0.1) is 0 Å². The van der Waals surface area contributed by atoms with Crippen LogP contribution in [0, 0.1) is 0 Å². The molecule has 0 spiro atoms. The van der Waals surface area contributed by atoms with E-state index in [2.05, 4.69) is 6.92 Å². The van der Waals surface area contributed by atoms with Crippen LogP contribution in [0.25, 0.3) is 0 Å². The van der Waals surface area contributed by atoms with Crippen molar-refractivity contribution in [2.45, 2.75) is 77.6 Å². The number of hydrogen-bond donors (Lipinski definition) is 0. The molecule has 0 aromatic carbocycles. The van der Waals surface area contributed by atoms with E-state index in [0.29, 0.717) is 6.42 Å². The molecule has 0 aliphatic rings. The molecule has 0 N–H and O–H groups in total. The number of rotatable bonds is 11. The first-order valence-electron chi connectivity index (χ1n) is 6.80. The van der Waals surface area contributed by atoms with Gasteiger partial charge >= 0.3 is 5.92 Å². The summed E-state index contributed by atoms with van der Waals surface area (Å²) >= 11 is 0. The Bertz CT molecular complexity index is 263. The van der Waals surface area contributed by atoms with E-state index in [9.17, 15) is 18.4 Å². The predicted molar refractivity (Wildman–Crippen MR) is 67.9 cm³/mol. The van der Waals surface area contributed by atoms with E-state index in [0.717, 1.165) is 32.1 Å². The van der Waals surface area contributed by atoms with Crippen LogP contribution in [0.1, 0.15) is 71.6 Å². The highest BCUT2D eigenvalue weighted by Crippen LogP contribution is 2.24. The van der Waals surface area contributed by atoms with E-state index >= 15 is 0 Å². The highest BCUT2D eigenvalue weighted by atomic mass is 19.3. The van der Waals surface area contributed by atoms with Crippen molar-refractivity contribution in [3.63, 3.8) is 0 Å². The Balaban J connectivity index is 3.75. The lowest BCUT2D eigenvalue weighted by atomic mass is 10.0. The van der Waals surface area contributed by atoms with Gasteiger partial charge in [0.15, 0.2) is 0 Å². The third-order valence-electron chi connectivity index (χ3n) is 2.96. The molecule has 18 heavy (non-hydrogen) atoms. The van der Waals surface area contributed by atoms with Gasteiger partial charge in [-0.3, -0.25) is 4.79 Å². The zero-order valence-corrected chi connectivity index (χ0v) is 11.4. The minimum Gasteiger partial charge on any atom is -0.300 e. The third-order valence-corrected chi connectivity index (χ3v) is 2.96. The number of unbranched alkanes of at least 4 members (excludes halogenated alkanes) is 5. The molecule has 0 saturated heterocycles. The van der Waals surface area contributed by atoms with Crippen LogP contribution >= 0.6 is 0 Å². The summed E-state index contributed by atoms with van der Waals surface area (Å²) < 4.78 is 26.6. The second-order valence-electron chi connectivity index (χ2n) is 4.85. The summed E-state index contributed by atoms with van der Waals surface area (Å²) in [6.07, 6.45) is 4.81. The van der Waals surface area contributed by atoms with Gasteiger partial charge in [0, 0.05) is 19.3 Å². The molecular weight excluding hydrogens is 238 g/mol. The Morgan fingerprint density at radius 2 is 1.50 bits per heavy atom. The molecule has 0 unspecified atom stereocenters. The second-order valence-corrected chi connectivity index (χ2v) is 4.85. The van der Waals surface area contributed by atoms with Crippen molar-refractivity contribution in [2.75, 3.05) is 0 Å². The molecule has 0 radical (unpaired) electrons. The van der Waals surface area contributed by atoms with Crippen LogP contribution in [0.2, 0.25) is 0 Å². The summed E-state index contributed by atoms with van der Waals surface area (Å²) in [6, 6.07) is 0. The van der Waals surface area contributed by atoms with Crippen molar-refractivity contribution >= 4 is 11.6 Å². The molecule has 0 aliphatic carbocycles. The highest BCUT2D eigenvalue weighted by molar-refractivity contribution is 5.86. The molecule has 0 aromatic rings. The van der Waals surface area contributed by atoms with Crippen LogP contribution in [0.15, 0.2) is 0 Å². The molecule has 2 nitrogen and oxygen atoms in total. The van der Waals surface area contributed by atoms with Crippen LogP contribution in [0.4, 0.5) is 8.78 Å². The Kier molecular flexibility index (Phi) is 8.77. The first kappa shape index (κ1) is 17.2. The average molecular weight is 262 g/mol. The number of carbonyl (C=O) groups is 2. The van der Waals surface area contributed by atoms with Crippen LogP contribution in [-0.4, -0.2) is 17.5 Å². The van der Waals surface area contributed by atoms with Crippen LogP contribution in [0.5, 0.6) is 0 Å². The Morgan fingerprint density at radius 1 is 0.944 bits per heavy atom. The summed E-state index contributed by atoms with van der Waals surface area (Å²) in [6.45, 7) is 3.37. The fourth-order valence-electron chi connectivity index (χ4n) is 1.72. The quantitative estimate of drug-likeness (QED) is 0.520. The summed E-state index contributed by atoms with van der Waals surface area (Å²) in [4.78, 5) is 21.9. The van der Waals surface area contributed by atoms with Crippen LogP contribution < -0.4 is 0 Å². The normalized spacial score (nSPS) is 11.6. The molecule has 4 heteroatoms. The number of ketones is 2. The maximum atomic E-state index is 13.3. The van der Waals surface area contributed by atoms with E-state index in [-0.39, 0.29) is 18.6 Å². The number of alkyl halides is 2. The Hall–Kier alpha value is -0.800. The minimum atomic E-state index is -3.32. The summed E-state index contributed by atoms with van der Waals surface area (Å²) in [7, 11) is 0. The molecule has 0 aromatic heterocycles. The Morgan fingerprint density at radius 3 is 2.06 bits per heavy atom. The van der Waals surface area contributed by atoms with E-state index in [4.69, 9.17) is 0 Å². The van der Waals surface area contributed by atoms with Gasteiger partial charge in [0.2, 0.25) is 5.78 Å². The second kappa shape index (κ2) is 9.17. The predicted octanol–water partition coefficient (Wildman–Crippen LogP) is 4.31. The molecule has 0 rings (SSSR count). The summed E-state index contributed by atoms with van der Waals surface area (Å²) in [5.74, 6) is -4.64. The molecular formula is C14H24F2O2. The van der Waals surface area contributed by atoms with Gasteiger partial charge in [-0.2, -0.15) is 8.78 Å². The zero-order chi connectivity index (χ0) is 14.0. The maximum absolute atomic E-state index is 13.3. The van der Waals surface area contributed by atoms with Gasteiger partial charge in [-0.05, 0) is 13.3 Å². The lowest BCUT2D eigenvalue weighted by molar-refractivity contribution is -0.144. The zero-order valence-electron chi connectivity index (χ0n) is 11.4. The lowest BCUT2D eigenvalue weighted by Crippen LogP contribution is -2.29. The summed E-state index contributed by atoms with van der Waals surface area (Å²) in [5, 5.41) is 0. The van der Waals surface area contributed by atoms with E-state index in [1.54, 1.807) is 0 Å². The third kappa shape index (κ3) is 8.31. The fourth-order valence-corrected chi connectivity index (χ4v) is 1.72. The number of Topliss-reactive ketones (excluding diaryl/α,β-unsaturated/α-hetero) is 2. The fraction of sp³-hybridized carbons (Fsp3) is 0.857. The van der Waals surface area contributed by atoms with Crippen molar-refractivity contribution in [3.8, 4) is 0 Å². The van der Waals surface area contributed by atoms with Gasteiger partial charge in [-0.25, -0.2) is 0 Å². The Labute approximate surface area is 108 Å². The number of hydrogen-bond acceptors (Lipinski definition) is 2. The monoisotopic (exact) mass is 262 g/mol. The van der Waals surface area contributed by atoms with Gasteiger partial charge in [0.05, 0.1) is 0 Å². The van der Waals surface area contributed by atoms with E-state index < -0.39 is 18.1 Å². The standard InChI is InChI=1S/C14H24F2O2/c1-3-4-5-6-7-8-9-13(18)14(15,16)11-10-12(2)17/h3-11H2,1-2H3. The van der Waals surface area contributed by atoms with Gasteiger partial charge in [0.25, 0.3) is 0 Å². The van der Waals surface area contributed by atoms with Crippen molar-refractivity contribution in [1.82, 2.24) is 0 Å². The molecule has 106 valence electrons. The molecule has 0 bridgehead atoms. The molecule has 0 fully saturated rings. The highest BCUT2D eigenvalue weighted by Gasteiger charge is 2.37. The minimum absolute atomic E-state index is 0.0724. The maximum Gasteiger partial charge on any atom is 0.305 e. The average Bonchev–Trinajstić information content (AvgIpc) is 2.31. The molecule has 0 heterocycles. The molecule has 0 aliphatic heterocycles. The number of halogens is 2. The lowest BCUT2D eigenvalue weighted by Gasteiger charge is -2.13. The van der Waals surface area contributed by atoms with E-state index in [1.165, 1.54) is 6.92 Å². The van der Waals surface area contributed by atoms with Crippen molar-refractivity contribution < 1.29 is 18.4 Å². The smallest absolute Gasteiger partial charge is 0.300 e. The van der Waals surface area contributed by atoms with Gasteiger partial charge < -0.3 is 4.79 Å². The van der Waals surface area contributed by atoms with Crippen molar-refractivity contribution in [1.29, 1.82) is 0 Å². The number of carbonyl (C=O) groups excluding carboxylic acids is 2. The topological polar surface area (TPSA) is 34.1 Å². The SMILES string of the molecule is CCCCCCCCC(=O)C(F)(F)CCC(C)=O. The van der Waals surface area contributed by atoms with Crippen LogP contribution in [0.3, 0.4) is 0 Å². The van der Waals surface area contributed by atoms with E-state index in [1.807, 2.05) is 0 Å². The first-order valence-corrected chi connectivity index (χ1v) is 6.80. The van der Waals surface area contributed by atoms with Crippen LogP contribution in [-0.2, 0) is 9.59 Å². The molecule has 0 amide bonds. The van der Waals surface area contributed by atoms with Crippen molar-refractivity contribution in [2.24, 2.45) is 0 Å². The molecule has 0 atom stereocenters. The van der Waals surface area contributed by atoms with Gasteiger partial charge in [0.1, 0.15) is 5.78 Å². The largest absolute Gasteiger partial charge is 0.305 e. The molecule has 0 saturated carbocycles. The van der Waals surface area contributed by atoms with Gasteiger partial charge in [-0.1, -0.05) is 39.0 Å².